The fourth-order valence-corrected chi connectivity index (χ4v) is 1.11. The Balaban J connectivity index is 2.49. The average Bonchev–Trinajstić information content (AvgIpc) is 2.38. The first-order chi connectivity index (χ1) is 8.63. The highest BCUT2D eigenvalue weighted by Gasteiger charge is 2.00. The number of hydrogen-bond donors (Lipinski definition) is 1. The lowest BCUT2D eigenvalue weighted by molar-refractivity contribution is -0.129. The molecule has 92 valence electrons. The van der Waals surface area contributed by atoms with Gasteiger partial charge in [0.15, 0.2) is 5.71 Å². The number of carbonyl (C=O) groups is 1. The molecule has 0 fully saturated rings. The summed E-state index contributed by atoms with van der Waals surface area (Å²) in [6, 6.07) is 9.13. The predicted molar refractivity (Wildman–Crippen MR) is 66.9 cm³/mol. The molecule has 0 unspecified atom stereocenters. The van der Waals surface area contributed by atoms with E-state index in [1.807, 2.05) is 12.1 Å². The van der Waals surface area contributed by atoms with E-state index in [2.05, 4.69) is 5.16 Å². The normalized spacial score (nSPS) is 11.2. The number of benzene rings is 1. The Kier molecular flexibility index (Phi) is 5.13. The molecular formula is C13H12N2O3. The van der Waals surface area contributed by atoms with Gasteiger partial charge >= 0.3 is 5.97 Å². The van der Waals surface area contributed by atoms with Crippen molar-refractivity contribution in [3.8, 4) is 6.07 Å². The lowest BCUT2D eigenvalue weighted by Gasteiger charge is -1.96. The summed E-state index contributed by atoms with van der Waals surface area (Å²) in [7, 11) is 0. The quantitative estimate of drug-likeness (QED) is 0.488. The number of aliphatic carboxylic acids is 1. The van der Waals surface area contributed by atoms with Crippen molar-refractivity contribution in [2.75, 3.05) is 6.61 Å². The van der Waals surface area contributed by atoms with Crippen LogP contribution in [-0.2, 0) is 9.63 Å². The first kappa shape index (κ1) is 13.5. The Morgan fingerprint density at radius 2 is 2.39 bits per heavy atom. The van der Waals surface area contributed by atoms with E-state index in [4.69, 9.17) is 15.2 Å². The standard InChI is InChI=1S/C13H12N2O3/c1-10(13(16)17)15-18-7-3-6-11-4-2-5-12(8-11)9-14/h2-6,8H,7H2,1H3,(H,16,17). The molecule has 0 atom stereocenters. The molecular weight excluding hydrogens is 232 g/mol. The van der Waals surface area contributed by atoms with Crippen LogP contribution in [0.4, 0.5) is 0 Å². The number of nitrogens with zero attached hydrogens (tertiary/aromatic N) is 2. The van der Waals surface area contributed by atoms with Gasteiger partial charge in [-0.3, -0.25) is 0 Å². The van der Waals surface area contributed by atoms with Crippen LogP contribution in [0.15, 0.2) is 35.5 Å². The van der Waals surface area contributed by atoms with E-state index in [-0.39, 0.29) is 12.3 Å². The molecule has 18 heavy (non-hydrogen) atoms. The zero-order valence-electron chi connectivity index (χ0n) is 9.83. The molecule has 1 rings (SSSR count). The van der Waals surface area contributed by atoms with E-state index < -0.39 is 5.97 Å². The van der Waals surface area contributed by atoms with Crippen molar-refractivity contribution in [2.45, 2.75) is 6.92 Å². The van der Waals surface area contributed by atoms with Gasteiger partial charge in [-0.2, -0.15) is 5.26 Å². The van der Waals surface area contributed by atoms with E-state index in [9.17, 15) is 4.79 Å². The van der Waals surface area contributed by atoms with E-state index in [0.29, 0.717) is 5.56 Å². The maximum Gasteiger partial charge on any atom is 0.353 e. The highest BCUT2D eigenvalue weighted by molar-refractivity contribution is 6.34. The summed E-state index contributed by atoms with van der Waals surface area (Å²) in [6.45, 7) is 1.52. The van der Waals surface area contributed by atoms with Crippen LogP contribution in [-0.4, -0.2) is 23.4 Å². The van der Waals surface area contributed by atoms with Gasteiger partial charge < -0.3 is 9.94 Å². The number of carboxylic acids is 1. The molecule has 5 heteroatoms. The average molecular weight is 244 g/mol. The van der Waals surface area contributed by atoms with Crippen LogP contribution in [0.5, 0.6) is 0 Å². The Bertz CT molecular complexity index is 527. The van der Waals surface area contributed by atoms with Crippen molar-refractivity contribution >= 4 is 17.8 Å². The van der Waals surface area contributed by atoms with E-state index in [0.717, 1.165) is 5.56 Å². The van der Waals surface area contributed by atoms with Crippen molar-refractivity contribution in [1.82, 2.24) is 0 Å². The maximum absolute atomic E-state index is 10.4. The van der Waals surface area contributed by atoms with Gasteiger partial charge in [-0.05, 0) is 30.7 Å². The van der Waals surface area contributed by atoms with Crippen LogP contribution >= 0.6 is 0 Å². The molecule has 0 saturated carbocycles. The highest BCUT2D eigenvalue weighted by Crippen LogP contribution is 2.05. The Hall–Kier alpha value is -2.61. The molecule has 1 aromatic rings. The summed E-state index contributed by atoms with van der Waals surface area (Å²) < 4.78 is 0. The van der Waals surface area contributed by atoms with Crippen molar-refractivity contribution in [1.29, 1.82) is 5.26 Å². The second kappa shape index (κ2) is 6.86. The largest absolute Gasteiger partial charge is 0.477 e. The summed E-state index contributed by atoms with van der Waals surface area (Å²) in [6.07, 6.45) is 3.46. The highest BCUT2D eigenvalue weighted by atomic mass is 16.6. The summed E-state index contributed by atoms with van der Waals surface area (Å²) in [5, 5.41) is 20.6. The first-order valence-corrected chi connectivity index (χ1v) is 5.20. The number of nitriles is 1. The zero-order chi connectivity index (χ0) is 13.4. The maximum atomic E-state index is 10.4. The van der Waals surface area contributed by atoms with Gasteiger partial charge in [-0.25, -0.2) is 4.79 Å². The summed E-state index contributed by atoms with van der Waals surface area (Å²) in [5.41, 5.74) is 1.35. The third-order valence-electron chi connectivity index (χ3n) is 2.01. The van der Waals surface area contributed by atoms with Gasteiger partial charge in [0.25, 0.3) is 0 Å². The molecule has 5 nitrogen and oxygen atoms in total. The van der Waals surface area contributed by atoms with Gasteiger partial charge in [0.2, 0.25) is 0 Å². The minimum Gasteiger partial charge on any atom is -0.477 e. The van der Waals surface area contributed by atoms with Gasteiger partial charge in [0, 0.05) is 0 Å². The summed E-state index contributed by atoms with van der Waals surface area (Å²) in [4.78, 5) is 15.2. The fourth-order valence-electron chi connectivity index (χ4n) is 1.11. The van der Waals surface area contributed by atoms with Gasteiger partial charge in [-0.15, -0.1) is 0 Å². The molecule has 0 saturated heterocycles. The number of carboxylic acid groups (broad SMARTS) is 1. The molecule has 0 radical (unpaired) electrons. The Morgan fingerprint density at radius 3 is 3.06 bits per heavy atom. The predicted octanol–water partition coefficient (Wildman–Crippen LogP) is 2.05. The Labute approximate surface area is 105 Å². The summed E-state index contributed by atoms with van der Waals surface area (Å²) in [5.74, 6) is -1.11. The minimum absolute atomic E-state index is 0.102. The zero-order valence-corrected chi connectivity index (χ0v) is 9.83. The van der Waals surface area contributed by atoms with Crippen LogP contribution in [0.25, 0.3) is 6.08 Å². The molecule has 0 spiro atoms. The topological polar surface area (TPSA) is 82.7 Å². The molecule has 0 amide bonds. The Morgan fingerprint density at radius 1 is 1.61 bits per heavy atom. The van der Waals surface area contributed by atoms with Crippen molar-refractivity contribution in [2.24, 2.45) is 5.16 Å². The smallest absolute Gasteiger partial charge is 0.353 e. The van der Waals surface area contributed by atoms with E-state index in [1.165, 1.54) is 6.92 Å². The third kappa shape index (κ3) is 4.49. The molecule has 0 bridgehead atoms. The lowest BCUT2D eigenvalue weighted by Crippen LogP contribution is -2.08. The third-order valence-corrected chi connectivity index (χ3v) is 2.01. The molecule has 1 aromatic carbocycles. The van der Waals surface area contributed by atoms with Gasteiger partial charge in [0.1, 0.15) is 6.61 Å². The fraction of sp³-hybridized carbons (Fsp3) is 0.154. The first-order valence-electron chi connectivity index (χ1n) is 5.20. The molecule has 0 heterocycles. The van der Waals surface area contributed by atoms with Crippen LogP contribution in [0.2, 0.25) is 0 Å². The number of rotatable bonds is 5. The van der Waals surface area contributed by atoms with Gasteiger partial charge in [0.05, 0.1) is 11.6 Å². The van der Waals surface area contributed by atoms with Crippen LogP contribution in [0.1, 0.15) is 18.1 Å². The van der Waals surface area contributed by atoms with Crippen LogP contribution < -0.4 is 0 Å². The lowest BCUT2D eigenvalue weighted by atomic mass is 10.1. The van der Waals surface area contributed by atoms with Crippen LogP contribution in [0, 0.1) is 11.3 Å². The van der Waals surface area contributed by atoms with E-state index in [1.54, 1.807) is 30.4 Å². The molecule has 0 aliphatic carbocycles. The molecule has 0 aliphatic heterocycles. The van der Waals surface area contributed by atoms with Crippen LogP contribution in [0.3, 0.4) is 0 Å². The minimum atomic E-state index is -1.11. The van der Waals surface area contributed by atoms with Crippen molar-refractivity contribution < 1.29 is 14.7 Å². The van der Waals surface area contributed by atoms with Crippen molar-refractivity contribution in [3.05, 3.63) is 41.5 Å². The SMILES string of the molecule is CC(=NOCC=Cc1cccc(C#N)c1)C(=O)O. The monoisotopic (exact) mass is 244 g/mol. The van der Waals surface area contributed by atoms with Crippen molar-refractivity contribution in [3.63, 3.8) is 0 Å². The molecule has 1 N–H and O–H groups in total. The molecule has 0 aliphatic rings. The second-order valence-corrected chi connectivity index (χ2v) is 3.42. The number of oxime groups is 1. The van der Waals surface area contributed by atoms with Gasteiger partial charge in [-0.1, -0.05) is 23.4 Å². The molecule has 0 aromatic heterocycles. The summed E-state index contributed by atoms with van der Waals surface area (Å²) >= 11 is 0. The number of hydrogen-bond acceptors (Lipinski definition) is 4. The van der Waals surface area contributed by atoms with E-state index >= 15 is 0 Å². The second-order valence-electron chi connectivity index (χ2n) is 3.42.